The van der Waals surface area contributed by atoms with E-state index in [1.54, 1.807) is 0 Å². The monoisotopic (exact) mass is 353 g/mol. The Morgan fingerprint density at radius 3 is 2.11 bits per heavy atom. The highest BCUT2D eigenvalue weighted by molar-refractivity contribution is 5.65. The second kappa shape index (κ2) is 9.80. The summed E-state index contributed by atoms with van der Waals surface area (Å²) in [6.45, 7) is 2.27. The average molecular weight is 354 g/mol. The van der Waals surface area contributed by atoms with Crippen LogP contribution in [0.3, 0.4) is 0 Å². The van der Waals surface area contributed by atoms with E-state index in [0.29, 0.717) is 5.56 Å². The van der Waals surface area contributed by atoms with Gasteiger partial charge in [-0.3, -0.25) is 0 Å². The number of hydrogen-bond donors (Lipinski definition) is 0. The van der Waals surface area contributed by atoms with Crippen LogP contribution in [0.2, 0.25) is 0 Å². The summed E-state index contributed by atoms with van der Waals surface area (Å²) in [4.78, 5) is 0. The van der Waals surface area contributed by atoms with Gasteiger partial charge in [-0.15, -0.1) is 0 Å². The lowest BCUT2D eigenvalue weighted by atomic mass is 9.86. The molecular weight excluding hydrogens is 326 g/mol. The number of nitriles is 1. The van der Waals surface area contributed by atoms with Crippen LogP contribution in [0.1, 0.15) is 63.0 Å². The zero-order valence-electron chi connectivity index (χ0n) is 16.2. The predicted molar refractivity (Wildman–Crippen MR) is 113 cm³/mol. The molecule has 0 radical (unpaired) electrons. The first-order chi connectivity index (χ1) is 13.3. The van der Waals surface area contributed by atoms with Gasteiger partial charge < -0.3 is 0 Å². The Morgan fingerprint density at radius 1 is 0.889 bits per heavy atom. The standard InChI is InChI=1S/C26H27N/c1-2-3-4-5-21-6-8-22(9-7-21)10-11-23-12-16-25(17-13-23)26-18-14-24(20-27)15-19-26/h8,12-19,21H,2-7,9H2,1H3. The number of benzene rings is 2. The first kappa shape index (κ1) is 19.0. The molecule has 1 nitrogen and oxygen atoms in total. The second-order valence-corrected chi connectivity index (χ2v) is 7.38. The summed E-state index contributed by atoms with van der Waals surface area (Å²) in [6, 6.07) is 18.2. The molecule has 0 N–H and O–H groups in total. The molecule has 0 amide bonds. The summed E-state index contributed by atoms with van der Waals surface area (Å²) < 4.78 is 0. The van der Waals surface area contributed by atoms with Crippen molar-refractivity contribution in [1.82, 2.24) is 0 Å². The van der Waals surface area contributed by atoms with Gasteiger partial charge in [0.2, 0.25) is 0 Å². The smallest absolute Gasteiger partial charge is 0.0991 e. The first-order valence-electron chi connectivity index (χ1n) is 10.1. The lowest BCUT2D eigenvalue weighted by molar-refractivity contribution is 0.420. The van der Waals surface area contributed by atoms with E-state index in [4.69, 9.17) is 5.26 Å². The van der Waals surface area contributed by atoms with Crippen LogP contribution < -0.4 is 0 Å². The largest absolute Gasteiger partial charge is 0.192 e. The van der Waals surface area contributed by atoms with Gasteiger partial charge in [0.1, 0.15) is 0 Å². The minimum atomic E-state index is 0.689. The molecule has 0 bridgehead atoms. The van der Waals surface area contributed by atoms with Crippen LogP contribution in [0.5, 0.6) is 0 Å². The van der Waals surface area contributed by atoms with Gasteiger partial charge in [-0.2, -0.15) is 5.26 Å². The minimum absolute atomic E-state index is 0.689. The highest BCUT2D eigenvalue weighted by atomic mass is 14.2. The zero-order valence-corrected chi connectivity index (χ0v) is 16.2. The van der Waals surface area contributed by atoms with Crippen LogP contribution in [0, 0.1) is 29.1 Å². The van der Waals surface area contributed by atoms with E-state index in [-0.39, 0.29) is 0 Å². The molecule has 1 aliphatic rings. The van der Waals surface area contributed by atoms with Crippen LogP contribution in [-0.2, 0) is 0 Å². The Balaban J connectivity index is 1.58. The SMILES string of the molecule is CCCCCC1CC=C(C#Cc2ccc(-c3ccc(C#N)cc3)cc2)CC1. The first-order valence-corrected chi connectivity index (χ1v) is 10.1. The molecule has 1 atom stereocenters. The van der Waals surface area contributed by atoms with Gasteiger partial charge in [0.25, 0.3) is 0 Å². The van der Waals surface area contributed by atoms with E-state index < -0.39 is 0 Å². The van der Waals surface area contributed by atoms with E-state index in [9.17, 15) is 0 Å². The van der Waals surface area contributed by atoms with Gasteiger partial charge in [-0.05, 0) is 66.1 Å². The van der Waals surface area contributed by atoms with E-state index in [1.807, 2.05) is 24.3 Å². The van der Waals surface area contributed by atoms with E-state index in [0.717, 1.165) is 29.0 Å². The second-order valence-electron chi connectivity index (χ2n) is 7.38. The van der Waals surface area contributed by atoms with Gasteiger partial charge in [-0.1, -0.05) is 74.8 Å². The van der Waals surface area contributed by atoms with Gasteiger partial charge in [0, 0.05) is 5.56 Å². The Kier molecular flexibility index (Phi) is 6.90. The minimum Gasteiger partial charge on any atom is -0.192 e. The van der Waals surface area contributed by atoms with Crippen LogP contribution >= 0.6 is 0 Å². The summed E-state index contributed by atoms with van der Waals surface area (Å²) in [6.07, 6.45) is 11.4. The molecular formula is C26H27N. The van der Waals surface area contributed by atoms with Crippen molar-refractivity contribution in [3.63, 3.8) is 0 Å². The number of nitrogens with zero attached hydrogens (tertiary/aromatic N) is 1. The number of unbranched alkanes of at least 4 members (excludes halogenated alkanes) is 2. The molecule has 0 spiro atoms. The third-order valence-corrected chi connectivity index (χ3v) is 5.34. The van der Waals surface area contributed by atoms with Gasteiger partial charge >= 0.3 is 0 Å². The summed E-state index contributed by atoms with van der Waals surface area (Å²) in [5.74, 6) is 7.56. The Labute approximate surface area is 163 Å². The molecule has 1 aliphatic carbocycles. The number of rotatable bonds is 5. The van der Waals surface area contributed by atoms with Gasteiger partial charge in [0.05, 0.1) is 11.6 Å². The van der Waals surface area contributed by atoms with Crippen LogP contribution in [0.15, 0.2) is 60.2 Å². The third kappa shape index (κ3) is 5.60. The molecule has 3 rings (SSSR count). The Hall–Kier alpha value is -2.77. The maximum Gasteiger partial charge on any atom is 0.0991 e. The van der Waals surface area contributed by atoms with Crippen LogP contribution in [-0.4, -0.2) is 0 Å². The Bertz CT molecular complexity index is 867. The number of allylic oxidation sites excluding steroid dienone is 2. The van der Waals surface area contributed by atoms with Crippen molar-refractivity contribution in [3.8, 4) is 29.0 Å². The van der Waals surface area contributed by atoms with Gasteiger partial charge in [-0.25, -0.2) is 0 Å². The van der Waals surface area contributed by atoms with E-state index >= 15 is 0 Å². The lowest BCUT2D eigenvalue weighted by Crippen LogP contribution is -2.05. The molecule has 27 heavy (non-hydrogen) atoms. The highest BCUT2D eigenvalue weighted by Gasteiger charge is 2.12. The summed E-state index contributed by atoms with van der Waals surface area (Å²) in [5.41, 5.74) is 5.32. The van der Waals surface area contributed by atoms with Crippen molar-refractivity contribution in [2.24, 2.45) is 5.92 Å². The molecule has 0 heterocycles. The van der Waals surface area contributed by atoms with Crippen molar-refractivity contribution in [2.45, 2.75) is 51.9 Å². The van der Waals surface area contributed by atoms with Crippen molar-refractivity contribution in [1.29, 1.82) is 5.26 Å². The van der Waals surface area contributed by atoms with Crippen molar-refractivity contribution in [3.05, 3.63) is 71.3 Å². The fourth-order valence-electron chi connectivity index (χ4n) is 3.58. The fourth-order valence-corrected chi connectivity index (χ4v) is 3.58. The molecule has 0 aliphatic heterocycles. The summed E-state index contributed by atoms with van der Waals surface area (Å²) in [7, 11) is 0. The summed E-state index contributed by atoms with van der Waals surface area (Å²) in [5, 5.41) is 8.90. The molecule has 1 unspecified atom stereocenters. The van der Waals surface area contributed by atoms with Gasteiger partial charge in [0.15, 0.2) is 0 Å². The van der Waals surface area contributed by atoms with Crippen LogP contribution in [0.25, 0.3) is 11.1 Å². The zero-order chi connectivity index (χ0) is 18.9. The molecule has 136 valence electrons. The average Bonchev–Trinajstić information content (AvgIpc) is 2.74. The molecule has 2 aromatic rings. The maximum atomic E-state index is 8.90. The maximum absolute atomic E-state index is 8.90. The third-order valence-electron chi connectivity index (χ3n) is 5.34. The molecule has 0 saturated heterocycles. The topological polar surface area (TPSA) is 23.8 Å². The fraction of sp³-hybridized carbons (Fsp3) is 0.346. The predicted octanol–water partition coefficient (Wildman–Crippen LogP) is 6.88. The highest BCUT2D eigenvalue weighted by Crippen LogP contribution is 2.27. The normalized spacial score (nSPS) is 16.0. The molecule has 1 heteroatoms. The van der Waals surface area contributed by atoms with Crippen molar-refractivity contribution >= 4 is 0 Å². The molecule has 0 saturated carbocycles. The summed E-state index contributed by atoms with van der Waals surface area (Å²) >= 11 is 0. The molecule has 0 fully saturated rings. The number of hydrogen-bond acceptors (Lipinski definition) is 1. The molecule has 2 aromatic carbocycles. The van der Waals surface area contributed by atoms with E-state index in [1.165, 1.54) is 44.1 Å². The van der Waals surface area contributed by atoms with Crippen molar-refractivity contribution in [2.75, 3.05) is 0 Å². The molecule has 0 aromatic heterocycles. The van der Waals surface area contributed by atoms with E-state index in [2.05, 4.69) is 55.2 Å². The Morgan fingerprint density at radius 2 is 1.56 bits per heavy atom. The van der Waals surface area contributed by atoms with Crippen molar-refractivity contribution < 1.29 is 0 Å². The lowest BCUT2D eigenvalue weighted by Gasteiger charge is -2.19. The quantitative estimate of drug-likeness (QED) is 0.424. The van der Waals surface area contributed by atoms with Crippen LogP contribution in [0.4, 0.5) is 0 Å².